The van der Waals surface area contributed by atoms with Crippen LogP contribution >= 0.6 is 23.2 Å². The first-order valence-corrected chi connectivity index (χ1v) is 8.19. The zero-order valence-electron chi connectivity index (χ0n) is 12.5. The summed E-state index contributed by atoms with van der Waals surface area (Å²) < 4.78 is 2.04. The molecule has 0 saturated heterocycles. The maximum absolute atomic E-state index is 6.20. The molecule has 1 aromatic rings. The molecule has 1 rings (SSSR count). The fourth-order valence-corrected chi connectivity index (χ4v) is 3.16. The molecule has 0 amide bonds. The minimum absolute atomic E-state index is 0.0358. The third-order valence-corrected chi connectivity index (χ3v) is 4.80. The molecule has 2 nitrogen and oxygen atoms in total. The van der Waals surface area contributed by atoms with E-state index < -0.39 is 0 Å². The highest BCUT2D eigenvalue weighted by Gasteiger charge is 2.30. The summed E-state index contributed by atoms with van der Waals surface area (Å²) in [7, 11) is 0. The molecule has 110 valence electrons. The third-order valence-electron chi connectivity index (χ3n) is 3.67. The lowest BCUT2D eigenvalue weighted by molar-refractivity contribution is 0.291. The SMILES string of the molecule is CCC(C)n1ccc(CC(CCl)(CCl)CC(C)C)n1. The molecule has 0 aliphatic heterocycles. The van der Waals surface area contributed by atoms with Crippen molar-refractivity contribution < 1.29 is 0 Å². The Balaban J connectivity index is 2.82. The van der Waals surface area contributed by atoms with Crippen LogP contribution in [0, 0.1) is 11.3 Å². The Morgan fingerprint density at radius 3 is 2.37 bits per heavy atom. The summed E-state index contributed by atoms with van der Waals surface area (Å²) in [5.74, 6) is 1.77. The number of hydrogen-bond acceptors (Lipinski definition) is 1. The lowest BCUT2D eigenvalue weighted by atomic mass is 9.80. The van der Waals surface area contributed by atoms with E-state index in [9.17, 15) is 0 Å². The maximum Gasteiger partial charge on any atom is 0.0631 e. The average molecular weight is 305 g/mol. The number of nitrogens with zero attached hydrogens (tertiary/aromatic N) is 2. The highest BCUT2D eigenvalue weighted by molar-refractivity contribution is 6.21. The van der Waals surface area contributed by atoms with Crippen LogP contribution in [0.5, 0.6) is 0 Å². The maximum atomic E-state index is 6.20. The van der Waals surface area contributed by atoms with Crippen LogP contribution in [0.25, 0.3) is 0 Å². The Kier molecular flexibility index (Phi) is 6.68. The van der Waals surface area contributed by atoms with Crippen molar-refractivity contribution in [3.8, 4) is 0 Å². The normalized spacial score (nSPS) is 14.1. The fraction of sp³-hybridized carbons (Fsp3) is 0.800. The van der Waals surface area contributed by atoms with Crippen LogP contribution in [0.1, 0.15) is 52.3 Å². The largest absolute Gasteiger partial charge is 0.270 e. The molecule has 0 aromatic carbocycles. The van der Waals surface area contributed by atoms with Gasteiger partial charge >= 0.3 is 0 Å². The molecule has 19 heavy (non-hydrogen) atoms. The number of rotatable bonds is 8. The molecule has 0 aliphatic carbocycles. The smallest absolute Gasteiger partial charge is 0.0631 e. The molecule has 0 radical (unpaired) electrons. The number of hydrogen-bond donors (Lipinski definition) is 0. The van der Waals surface area contributed by atoms with Crippen LogP contribution in [0.2, 0.25) is 0 Å². The highest BCUT2D eigenvalue weighted by atomic mass is 35.5. The predicted octanol–water partition coefficient (Wildman–Crippen LogP) is 4.91. The van der Waals surface area contributed by atoms with Crippen molar-refractivity contribution in [2.45, 2.75) is 53.0 Å². The minimum Gasteiger partial charge on any atom is -0.270 e. The van der Waals surface area contributed by atoms with Gasteiger partial charge in [0.05, 0.1) is 5.69 Å². The van der Waals surface area contributed by atoms with Gasteiger partial charge in [0.2, 0.25) is 0 Å². The second kappa shape index (κ2) is 7.54. The quantitative estimate of drug-likeness (QED) is 0.624. The van der Waals surface area contributed by atoms with E-state index in [1.54, 1.807) is 0 Å². The molecule has 0 spiro atoms. The molecule has 1 aromatic heterocycles. The molecule has 0 bridgehead atoms. The standard InChI is InChI=1S/C15H26Cl2N2/c1-5-13(4)19-7-6-14(18-19)9-15(10-16,11-17)8-12(2)3/h6-7,12-13H,5,8-11H2,1-4H3. The third kappa shape index (κ3) is 4.68. The van der Waals surface area contributed by atoms with Gasteiger partial charge in [-0.05, 0) is 38.2 Å². The van der Waals surface area contributed by atoms with Gasteiger partial charge < -0.3 is 0 Å². The molecule has 1 atom stereocenters. The summed E-state index contributed by atoms with van der Waals surface area (Å²) in [6.45, 7) is 8.78. The van der Waals surface area contributed by atoms with Crippen LogP contribution < -0.4 is 0 Å². The lowest BCUT2D eigenvalue weighted by Gasteiger charge is -2.30. The van der Waals surface area contributed by atoms with Crippen LogP contribution in [-0.4, -0.2) is 21.5 Å². The molecule has 1 heterocycles. The molecular formula is C15H26Cl2N2. The van der Waals surface area contributed by atoms with Gasteiger partial charge in [0.25, 0.3) is 0 Å². The highest BCUT2D eigenvalue weighted by Crippen LogP contribution is 2.33. The first-order chi connectivity index (χ1) is 8.96. The number of alkyl halides is 2. The Labute approximate surface area is 127 Å². The van der Waals surface area contributed by atoms with Gasteiger partial charge in [0.1, 0.15) is 0 Å². The minimum atomic E-state index is -0.0358. The lowest BCUT2D eigenvalue weighted by Crippen LogP contribution is -2.30. The van der Waals surface area contributed by atoms with Crippen molar-refractivity contribution >= 4 is 23.2 Å². The Morgan fingerprint density at radius 1 is 1.26 bits per heavy atom. The van der Waals surface area contributed by atoms with Crippen molar-refractivity contribution in [2.24, 2.45) is 11.3 Å². The van der Waals surface area contributed by atoms with Gasteiger partial charge in [0, 0.05) is 29.4 Å². The van der Waals surface area contributed by atoms with E-state index in [0.29, 0.717) is 23.7 Å². The first kappa shape index (κ1) is 16.8. The average Bonchev–Trinajstić information content (AvgIpc) is 2.84. The summed E-state index contributed by atoms with van der Waals surface area (Å²) in [6.07, 6.45) is 5.05. The topological polar surface area (TPSA) is 17.8 Å². The predicted molar refractivity (Wildman–Crippen MR) is 84.3 cm³/mol. The second-order valence-electron chi connectivity index (χ2n) is 6.09. The molecule has 0 fully saturated rings. The Hall–Kier alpha value is -0.210. The summed E-state index contributed by atoms with van der Waals surface area (Å²) in [5, 5.41) is 4.67. The molecule has 0 aliphatic rings. The van der Waals surface area contributed by atoms with E-state index in [0.717, 1.165) is 25.0 Å². The van der Waals surface area contributed by atoms with Crippen molar-refractivity contribution in [1.29, 1.82) is 0 Å². The summed E-state index contributed by atoms with van der Waals surface area (Å²) in [4.78, 5) is 0. The van der Waals surface area contributed by atoms with E-state index >= 15 is 0 Å². The Bertz CT molecular complexity index is 370. The van der Waals surface area contributed by atoms with Gasteiger partial charge in [-0.25, -0.2) is 0 Å². The van der Waals surface area contributed by atoms with E-state index in [-0.39, 0.29) is 5.41 Å². The van der Waals surface area contributed by atoms with Gasteiger partial charge in [-0.2, -0.15) is 5.10 Å². The van der Waals surface area contributed by atoms with Crippen molar-refractivity contribution in [3.05, 3.63) is 18.0 Å². The van der Waals surface area contributed by atoms with Crippen molar-refractivity contribution in [3.63, 3.8) is 0 Å². The van der Waals surface area contributed by atoms with Gasteiger partial charge in [-0.3, -0.25) is 4.68 Å². The monoisotopic (exact) mass is 304 g/mol. The van der Waals surface area contributed by atoms with Crippen molar-refractivity contribution in [1.82, 2.24) is 9.78 Å². The zero-order chi connectivity index (χ0) is 14.5. The van der Waals surface area contributed by atoms with Crippen LogP contribution in [0.15, 0.2) is 12.3 Å². The van der Waals surface area contributed by atoms with E-state index in [2.05, 4.69) is 45.1 Å². The number of aromatic nitrogens is 2. The fourth-order valence-electron chi connectivity index (χ4n) is 2.47. The van der Waals surface area contributed by atoms with E-state index in [1.807, 2.05) is 4.68 Å². The van der Waals surface area contributed by atoms with E-state index in [1.165, 1.54) is 0 Å². The van der Waals surface area contributed by atoms with Crippen LogP contribution in [-0.2, 0) is 6.42 Å². The molecule has 4 heteroatoms. The summed E-state index contributed by atoms with van der Waals surface area (Å²) >= 11 is 12.4. The van der Waals surface area contributed by atoms with Gasteiger partial charge in [0.15, 0.2) is 0 Å². The molecule has 0 saturated carbocycles. The van der Waals surface area contributed by atoms with Gasteiger partial charge in [-0.1, -0.05) is 20.8 Å². The Morgan fingerprint density at radius 2 is 1.89 bits per heavy atom. The summed E-state index contributed by atoms with van der Waals surface area (Å²) in [5.41, 5.74) is 1.06. The number of halogens is 2. The van der Waals surface area contributed by atoms with Crippen LogP contribution in [0.3, 0.4) is 0 Å². The van der Waals surface area contributed by atoms with E-state index in [4.69, 9.17) is 23.2 Å². The second-order valence-corrected chi connectivity index (χ2v) is 6.62. The summed E-state index contributed by atoms with van der Waals surface area (Å²) in [6, 6.07) is 2.54. The first-order valence-electron chi connectivity index (χ1n) is 7.12. The van der Waals surface area contributed by atoms with Crippen molar-refractivity contribution in [2.75, 3.05) is 11.8 Å². The van der Waals surface area contributed by atoms with Gasteiger partial charge in [-0.15, -0.1) is 23.2 Å². The molecule has 1 unspecified atom stereocenters. The molecular weight excluding hydrogens is 279 g/mol. The zero-order valence-corrected chi connectivity index (χ0v) is 14.0. The molecule has 0 N–H and O–H groups in total. The van der Waals surface area contributed by atoms with Crippen LogP contribution in [0.4, 0.5) is 0 Å².